The first kappa shape index (κ1) is 18.7. The third-order valence-corrected chi connectivity index (χ3v) is 5.62. The van der Waals surface area contributed by atoms with Gasteiger partial charge < -0.3 is 10.4 Å². The Morgan fingerprint density at radius 1 is 1.45 bits per heavy atom. The van der Waals surface area contributed by atoms with Crippen molar-refractivity contribution in [1.29, 1.82) is 0 Å². The van der Waals surface area contributed by atoms with Crippen molar-refractivity contribution in [3.63, 3.8) is 0 Å². The topological polar surface area (TPSA) is 86.7 Å². The van der Waals surface area contributed by atoms with E-state index in [1.165, 1.54) is 19.2 Å². The minimum absolute atomic E-state index is 0. The monoisotopic (exact) mass is 348 g/mol. The Hall–Kier alpha value is -1.31. The number of carbonyl (C=O) groups is 1. The van der Waals surface area contributed by atoms with Gasteiger partial charge in [-0.2, -0.15) is 0 Å². The third-order valence-electron chi connectivity index (χ3n) is 3.82. The van der Waals surface area contributed by atoms with Crippen molar-refractivity contribution in [1.82, 2.24) is 5.32 Å². The Bertz CT molecular complexity index is 642. The number of nitrogens with zero attached hydrogens (tertiary/aromatic N) is 1. The average molecular weight is 349 g/mol. The summed E-state index contributed by atoms with van der Waals surface area (Å²) < 4.78 is 24.5. The number of hydrogen-bond donors (Lipinski definition) is 2. The van der Waals surface area contributed by atoms with E-state index in [1.54, 1.807) is 13.0 Å². The number of amides is 1. The van der Waals surface area contributed by atoms with E-state index < -0.39 is 15.9 Å². The van der Waals surface area contributed by atoms with Crippen molar-refractivity contribution in [2.75, 3.05) is 24.2 Å². The normalized spacial score (nSPS) is 17.8. The van der Waals surface area contributed by atoms with E-state index in [9.17, 15) is 13.2 Å². The molecule has 0 aliphatic carbocycles. The van der Waals surface area contributed by atoms with Gasteiger partial charge in [-0.1, -0.05) is 6.92 Å². The average Bonchev–Trinajstić information content (AvgIpc) is 2.99. The summed E-state index contributed by atoms with van der Waals surface area (Å²) in [7, 11) is -1.89. The third kappa shape index (κ3) is 3.71. The number of halogens is 1. The molecule has 1 atom stereocenters. The quantitative estimate of drug-likeness (QED) is 0.872. The van der Waals surface area contributed by atoms with Gasteiger partial charge in [-0.25, -0.2) is 13.2 Å². The van der Waals surface area contributed by atoms with Gasteiger partial charge in [0.25, 0.3) is 0 Å². The molecule has 2 N–H and O–H groups in total. The molecule has 0 radical (unpaired) electrons. The van der Waals surface area contributed by atoms with Crippen molar-refractivity contribution < 1.29 is 18.3 Å². The Morgan fingerprint density at radius 3 is 2.64 bits per heavy atom. The van der Waals surface area contributed by atoms with Gasteiger partial charge in [0, 0.05) is 18.8 Å². The van der Waals surface area contributed by atoms with Crippen LogP contribution in [0, 0.1) is 0 Å². The minimum Gasteiger partial charge on any atom is -0.465 e. The molecule has 1 aromatic rings. The van der Waals surface area contributed by atoms with Crippen LogP contribution in [0.2, 0.25) is 0 Å². The zero-order chi connectivity index (χ0) is 15.6. The van der Waals surface area contributed by atoms with Crippen LogP contribution >= 0.6 is 12.4 Å². The largest absolute Gasteiger partial charge is 0.465 e. The summed E-state index contributed by atoms with van der Waals surface area (Å²) in [6.07, 6.45) is 0.758. The fourth-order valence-corrected chi connectivity index (χ4v) is 3.66. The lowest BCUT2D eigenvalue weighted by Crippen LogP contribution is -2.25. The van der Waals surface area contributed by atoms with E-state index in [1.807, 2.05) is 0 Å². The highest BCUT2D eigenvalue weighted by Gasteiger charge is 2.26. The molecule has 0 bridgehead atoms. The Balaban J connectivity index is 0.00000242. The van der Waals surface area contributed by atoms with Crippen LogP contribution in [0.5, 0.6) is 0 Å². The molecule has 22 heavy (non-hydrogen) atoms. The number of hydrogen-bond acceptors (Lipinski definition) is 4. The first-order valence-corrected chi connectivity index (χ1v) is 8.58. The van der Waals surface area contributed by atoms with Crippen LogP contribution in [-0.4, -0.2) is 39.0 Å². The van der Waals surface area contributed by atoms with Gasteiger partial charge in [0.2, 0.25) is 0 Å². The van der Waals surface area contributed by atoms with Gasteiger partial charge in [-0.15, -0.1) is 12.4 Å². The molecule has 1 aliphatic rings. The predicted octanol–water partition coefficient (Wildman–Crippen LogP) is 2.44. The first-order chi connectivity index (χ1) is 9.86. The van der Waals surface area contributed by atoms with Crippen LogP contribution in [0.3, 0.4) is 0 Å². The lowest BCUT2D eigenvalue weighted by atomic mass is 10.0. The molecule has 0 aromatic heterocycles. The number of sulfone groups is 1. The highest BCUT2D eigenvalue weighted by atomic mass is 35.5. The SMILES string of the molecule is CCS(=O)(=O)c1ccc(N(C)C(=O)O)cc1C1CCCN1.Cl. The van der Waals surface area contributed by atoms with E-state index in [0.717, 1.165) is 24.3 Å². The van der Waals surface area contributed by atoms with Crippen LogP contribution in [0.4, 0.5) is 10.5 Å². The van der Waals surface area contributed by atoms with Gasteiger partial charge in [0.05, 0.1) is 10.6 Å². The zero-order valence-corrected chi connectivity index (χ0v) is 14.2. The van der Waals surface area contributed by atoms with E-state index in [-0.39, 0.29) is 24.2 Å². The highest BCUT2D eigenvalue weighted by molar-refractivity contribution is 7.91. The lowest BCUT2D eigenvalue weighted by molar-refractivity contribution is 0.203. The summed E-state index contributed by atoms with van der Waals surface area (Å²) in [6, 6.07) is 4.68. The molecule has 1 aromatic carbocycles. The van der Waals surface area contributed by atoms with Crippen LogP contribution < -0.4 is 10.2 Å². The van der Waals surface area contributed by atoms with Crippen LogP contribution in [0.25, 0.3) is 0 Å². The fraction of sp³-hybridized carbons (Fsp3) is 0.500. The smallest absolute Gasteiger partial charge is 0.411 e. The second-order valence-electron chi connectivity index (χ2n) is 5.12. The standard InChI is InChI=1S/C14H20N2O4S.ClH/c1-3-21(19,20)13-7-6-10(16(2)14(17)18)9-11(13)12-5-4-8-15-12;/h6-7,9,12,15H,3-5,8H2,1-2H3,(H,17,18);1H. The molecule has 6 nitrogen and oxygen atoms in total. The lowest BCUT2D eigenvalue weighted by Gasteiger charge is -2.20. The van der Waals surface area contributed by atoms with Gasteiger partial charge in [0.15, 0.2) is 9.84 Å². The van der Waals surface area contributed by atoms with Gasteiger partial charge >= 0.3 is 6.09 Å². The number of anilines is 1. The van der Waals surface area contributed by atoms with Crippen molar-refractivity contribution in [3.05, 3.63) is 23.8 Å². The maximum absolute atomic E-state index is 12.2. The first-order valence-electron chi connectivity index (χ1n) is 6.93. The summed E-state index contributed by atoms with van der Waals surface area (Å²) in [6.45, 7) is 2.45. The summed E-state index contributed by atoms with van der Waals surface area (Å²) in [5.41, 5.74) is 1.14. The van der Waals surface area contributed by atoms with Crippen molar-refractivity contribution in [2.24, 2.45) is 0 Å². The van der Waals surface area contributed by atoms with Crippen LogP contribution in [-0.2, 0) is 9.84 Å². The zero-order valence-electron chi connectivity index (χ0n) is 12.6. The van der Waals surface area contributed by atoms with Crippen molar-refractivity contribution >= 4 is 34.0 Å². The molecule has 1 amide bonds. The summed E-state index contributed by atoms with van der Waals surface area (Å²) >= 11 is 0. The molecular formula is C14H21ClN2O4S. The Kier molecular flexibility index (Phi) is 6.22. The molecule has 1 fully saturated rings. The molecule has 124 valence electrons. The molecule has 1 saturated heterocycles. The van der Waals surface area contributed by atoms with E-state index in [4.69, 9.17) is 5.11 Å². The van der Waals surface area contributed by atoms with Gasteiger partial charge in [-0.05, 0) is 43.1 Å². The molecule has 0 spiro atoms. The second-order valence-corrected chi connectivity index (χ2v) is 7.36. The van der Waals surface area contributed by atoms with Crippen LogP contribution in [0.1, 0.15) is 31.4 Å². The summed E-state index contributed by atoms with van der Waals surface area (Å²) in [4.78, 5) is 12.4. The van der Waals surface area contributed by atoms with E-state index >= 15 is 0 Å². The maximum Gasteiger partial charge on any atom is 0.411 e. The number of rotatable bonds is 4. The summed E-state index contributed by atoms with van der Waals surface area (Å²) in [5, 5.41) is 12.3. The van der Waals surface area contributed by atoms with Crippen molar-refractivity contribution in [3.8, 4) is 0 Å². The predicted molar refractivity (Wildman–Crippen MR) is 87.8 cm³/mol. The fourth-order valence-electron chi connectivity index (χ4n) is 2.52. The molecule has 1 heterocycles. The molecular weight excluding hydrogens is 328 g/mol. The highest BCUT2D eigenvalue weighted by Crippen LogP contribution is 2.32. The van der Waals surface area contributed by atoms with E-state index in [2.05, 4.69) is 5.32 Å². The molecule has 2 rings (SSSR count). The molecule has 8 heteroatoms. The number of carboxylic acid groups (broad SMARTS) is 1. The van der Waals surface area contributed by atoms with E-state index in [0.29, 0.717) is 16.1 Å². The Labute approximate surface area is 136 Å². The second kappa shape index (κ2) is 7.30. The number of benzene rings is 1. The summed E-state index contributed by atoms with van der Waals surface area (Å²) in [5.74, 6) is 0.0286. The molecule has 1 unspecified atom stereocenters. The van der Waals surface area contributed by atoms with Crippen molar-refractivity contribution in [2.45, 2.75) is 30.7 Å². The van der Waals surface area contributed by atoms with Gasteiger partial charge in [0.1, 0.15) is 0 Å². The minimum atomic E-state index is -3.33. The Morgan fingerprint density at radius 2 is 2.14 bits per heavy atom. The maximum atomic E-state index is 12.2. The molecule has 1 aliphatic heterocycles. The van der Waals surface area contributed by atoms with Crippen LogP contribution in [0.15, 0.2) is 23.1 Å². The molecule has 0 saturated carbocycles. The van der Waals surface area contributed by atoms with Gasteiger partial charge in [-0.3, -0.25) is 4.90 Å². The number of nitrogens with one attached hydrogen (secondary N) is 1.